The van der Waals surface area contributed by atoms with E-state index >= 15 is 0 Å². The molecule has 0 saturated heterocycles. The second-order valence-electron chi connectivity index (χ2n) is 13.6. The van der Waals surface area contributed by atoms with Crippen LogP contribution in [0.25, 0.3) is 88.7 Å². The highest BCUT2D eigenvalue weighted by atomic mass is 16.4. The summed E-state index contributed by atoms with van der Waals surface area (Å²) in [5.41, 5.74) is 13.4. The Labute approximate surface area is 309 Å². The lowest BCUT2D eigenvalue weighted by Crippen LogP contribution is -2.10. The Morgan fingerprint density at radius 2 is 0.926 bits per heavy atom. The zero-order valence-electron chi connectivity index (χ0n) is 28.9. The van der Waals surface area contributed by atoms with E-state index in [1.165, 1.54) is 5.56 Å². The quantitative estimate of drug-likeness (QED) is 0.173. The molecule has 0 unspecified atom stereocenters. The molecule has 8 aromatic carbocycles. The molecule has 254 valence electrons. The third-order valence-corrected chi connectivity index (χ3v) is 10.3. The molecular weight excluding hydrogens is 665 g/mol. The van der Waals surface area contributed by atoms with Gasteiger partial charge in [0.05, 0.1) is 5.39 Å². The van der Waals surface area contributed by atoms with Crippen LogP contribution in [0.2, 0.25) is 0 Å². The first-order valence-electron chi connectivity index (χ1n) is 18.0. The minimum absolute atomic E-state index is 0.600. The second kappa shape index (κ2) is 12.1. The zero-order valence-corrected chi connectivity index (χ0v) is 28.9. The van der Waals surface area contributed by atoms with Crippen LogP contribution < -0.4 is 4.90 Å². The monoisotopic (exact) mass is 694 g/mol. The zero-order chi connectivity index (χ0) is 35.6. The molecule has 0 saturated carbocycles. The molecule has 5 nitrogen and oxygen atoms in total. The fourth-order valence-electron chi connectivity index (χ4n) is 7.70. The fourth-order valence-corrected chi connectivity index (χ4v) is 7.70. The summed E-state index contributed by atoms with van der Waals surface area (Å²) in [4.78, 5) is 7.19. The van der Waals surface area contributed by atoms with E-state index < -0.39 is 0 Å². The van der Waals surface area contributed by atoms with Crippen LogP contribution in [0, 0.1) is 0 Å². The topological polar surface area (TPSA) is 55.6 Å². The normalized spacial score (nSPS) is 11.7. The van der Waals surface area contributed by atoms with Crippen LogP contribution in [-0.2, 0) is 0 Å². The molecule has 3 heterocycles. The minimum atomic E-state index is 0.600. The molecule has 11 rings (SSSR count). The molecule has 0 N–H and O–H groups in total. The number of oxazole rings is 1. The predicted octanol–water partition coefficient (Wildman–Crippen LogP) is 14.1. The van der Waals surface area contributed by atoms with Crippen LogP contribution in [0.5, 0.6) is 0 Å². The van der Waals surface area contributed by atoms with E-state index in [9.17, 15) is 0 Å². The summed E-state index contributed by atoms with van der Waals surface area (Å²) in [6.45, 7) is 0. The maximum Gasteiger partial charge on any atom is 0.227 e. The van der Waals surface area contributed by atoms with Gasteiger partial charge in [0.2, 0.25) is 5.89 Å². The van der Waals surface area contributed by atoms with E-state index in [1.807, 2.05) is 60.7 Å². The summed E-state index contributed by atoms with van der Waals surface area (Å²) in [6, 6.07) is 62.9. The number of benzene rings is 8. The van der Waals surface area contributed by atoms with E-state index in [1.54, 1.807) is 0 Å². The molecule has 3 aromatic heterocycles. The van der Waals surface area contributed by atoms with Crippen molar-refractivity contribution in [2.24, 2.45) is 0 Å². The highest BCUT2D eigenvalue weighted by molar-refractivity contribution is 6.17. The van der Waals surface area contributed by atoms with Crippen molar-refractivity contribution in [2.75, 3.05) is 4.90 Å². The number of anilines is 3. The number of aromatic nitrogens is 1. The summed E-state index contributed by atoms with van der Waals surface area (Å²) in [7, 11) is 0. The Morgan fingerprint density at radius 3 is 1.78 bits per heavy atom. The third-order valence-electron chi connectivity index (χ3n) is 10.3. The molecule has 0 aliphatic rings. The molecule has 0 amide bonds. The van der Waals surface area contributed by atoms with Crippen LogP contribution in [0.15, 0.2) is 195 Å². The smallest absolute Gasteiger partial charge is 0.227 e. The molecule has 0 bridgehead atoms. The van der Waals surface area contributed by atoms with Crippen LogP contribution in [-0.4, -0.2) is 4.98 Å². The second-order valence-corrected chi connectivity index (χ2v) is 13.6. The van der Waals surface area contributed by atoms with Crippen molar-refractivity contribution in [3.8, 4) is 33.7 Å². The Hall–Kier alpha value is -7.37. The van der Waals surface area contributed by atoms with Gasteiger partial charge < -0.3 is 18.2 Å². The van der Waals surface area contributed by atoms with Gasteiger partial charge in [0.1, 0.15) is 27.8 Å². The van der Waals surface area contributed by atoms with Gasteiger partial charge in [0.25, 0.3) is 0 Å². The van der Waals surface area contributed by atoms with Gasteiger partial charge in [-0.2, -0.15) is 0 Å². The van der Waals surface area contributed by atoms with Crippen molar-refractivity contribution in [3.63, 3.8) is 0 Å². The Bertz CT molecular complexity index is 3160. The molecule has 5 heteroatoms. The number of rotatable bonds is 6. The standard InChI is InChI=1S/C49H30N2O3/c1-3-10-31(11-4-1)34-14-9-15-37(28-34)51(38-23-25-40-39-16-7-8-17-42(39)52-46(40)30-38)36-21-18-32(19-22-36)35-20-24-41-45(29-35)53-43-26-27-44-48(47(41)43)50-49(54-44)33-12-5-2-6-13-33/h1-30H. The van der Waals surface area contributed by atoms with Crippen molar-refractivity contribution in [1.82, 2.24) is 4.98 Å². The molecule has 0 fully saturated rings. The molecule has 0 aliphatic heterocycles. The summed E-state index contributed by atoms with van der Waals surface area (Å²) in [6.07, 6.45) is 0. The number of furan rings is 2. The molecule has 11 aromatic rings. The molecule has 0 aliphatic carbocycles. The van der Waals surface area contributed by atoms with E-state index in [-0.39, 0.29) is 0 Å². The van der Waals surface area contributed by atoms with E-state index in [0.29, 0.717) is 5.89 Å². The molecule has 0 atom stereocenters. The lowest BCUT2D eigenvalue weighted by Gasteiger charge is -2.26. The Balaban J connectivity index is 0.993. The van der Waals surface area contributed by atoms with Crippen molar-refractivity contribution in [3.05, 3.63) is 182 Å². The van der Waals surface area contributed by atoms with Gasteiger partial charge in [-0.15, -0.1) is 0 Å². The average Bonchev–Trinajstić information content (AvgIpc) is 3.95. The van der Waals surface area contributed by atoms with Gasteiger partial charge in [-0.3, -0.25) is 0 Å². The number of hydrogen-bond acceptors (Lipinski definition) is 5. The number of para-hydroxylation sites is 1. The Kier molecular flexibility index (Phi) is 6.79. The van der Waals surface area contributed by atoms with E-state index in [2.05, 4.69) is 126 Å². The first-order chi connectivity index (χ1) is 26.7. The summed E-state index contributed by atoms with van der Waals surface area (Å²) in [5.74, 6) is 0.600. The molecular formula is C49H30N2O3. The molecule has 54 heavy (non-hydrogen) atoms. The van der Waals surface area contributed by atoms with Gasteiger partial charge in [-0.25, -0.2) is 4.98 Å². The molecule has 0 spiro atoms. The van der Waals surface area contributed by atoms with Gasteiger partial charge in [-0.1, -0.05) is 97.1 Å². The number of fused-ring (bicyclic) bond motifs is 8. The van der Waals surface area contributed by atoms with Gasteiger partial charge in [0, 0.05) is 44.9 Å². The number of nitrogens with zero attached hydrogens (tertiary/aromatic N) is 2. The lowest BCUT2D eigenvalue weighted by atomic mass is 10.0. The fraction of sp³-hybridized carbons (Fsp3) is 0. The Morgan fingerprint density at radius 1 is 0.333 bits per heavy atom. The largest absolute Gasteiger partial charge is 0.456 e. The van der Waals surface area contributed by atoms with E-state index in [4.69, 9.17) is 18.2 Å². The number of hydrogen-bond donors (Lipinski definition) is 0. The average molecular weight is 695 g/mol. The summed E-state index contributed by atoms with van der Waals surface area (Å²) < 4.78 is 18.9. The predicted molar refractivity (Wildman–Crippen MR) is 220 cm³/mol. The highest BCUT2D eigenvalue weighted by Crippen LogP contribution is 2.42. The third kappa shape index (κ3) is 4.98. The SMILES string of the molecule is c1ccc(-c2cccc(N(c3ccc(-c4ccc5c(c4)oc4ccc6oc(-c7ccccc7)nc6c45)cc3)c3ccc4c(c3)oc3ccccc34)c2)cc1. The van der Waals surface area contributed by atoms with Gasteiger partial charge >= 0.3 is 0 Å². The maximum atomic E-state index is 6.42. The van der Waals surface area contributed by atoms with Crippen molar-refractivity contribution < 1.29 is 13.3 Å². The van der Waals surface area contributed by atoms with Crippen molar-refractivity contribution in [2.45, 2.75) is 0 Å². The maximum absolute atomic E-state index is 6.42. The van der Waals surface area contributed by atoms with Crippen LogP contribution in [0.3, 0.4) is 0 Å². The molecule has 0 radical (unpaired) electrons. The van der Waals surface area contributed by atoms with Crippen LogP contribution in [0.4, 0.5) is 17.1 Å². The van der Waals surface area contributed by atoms with E-state index in [0.717, 1.165) is 94.3 Å². The van der Waals surface area contributed by atoms with Gasteiger partial charge in [-0.05, 0) is 101 Å². The minimum Gasteiger partial charge on any atom is -0.456 e. The van der Waals surface area contributed by atoms with Crippen molar-refractivity contribution >= 4 is 72.0 Å². The van der Waals surface area contributed by atoms with Crippen LogP contribution in [0.1, 0.15) is 0 Å². The van der Waals surface area contributed by atoms with Gasteiger partial charge in [0.15, 0.2) is 5.58 Å². The van der Waals surface area contributed by atoms with Crippen molar-refractivity contribution in [1.29, 1.82) is 0 Å². The highest BCUT2D eigenvalue weighted by Gasteiger charge is 2.19. The summed E-state index contributed by atoms with van der Waals surface area (Å²) >= 11 is 0. The van der Waals surface area contributed by atoms with Crippen LogP contribution >= 0.6 is 0 Å². The first kappa shape index (κ1) is 30.3. The first-order valence-corrected chi connectivity index (χ1v) is 18.0. The lowest BCUT2D eigenvalue weighted by molar-refractivity contribution is 0.619. The summed E-state index contributed by atoms with van der Waals surface area (Å²) in [5, 5.41) is 4.19.